The van der Waals surface area contributed by atoms with Crippen LogP contribution in [-0.2, 0) is 6.54 Å². The SMILES string of the molecule is CCOc1ccc(CN(C)C(=O)Nc2ccc(F)cc2C#N)cc1. The van der Waals surface area contributed by atoms with E-state index in [4.69, 9.17) is 10.00 Å². The number of nitrogens with zero attached hydrogens (tertiary/aromatic N) is 2. The molecule has 0 aliphatic carbocycles. The number of nitrogens with one attached hydrogen (secondary N) is 1. The largest absolute Gasteiger partial charge is 0.494 e. The molecule has 0 bridgehead atoms. The van der Waals surface area contributed by atoms with Crippen molar-refractivity contribution in [1.82, 2.24) is 4.90 Å². The predicted molar refractivity (Wildman–Crippen MR) is 89.2 cm³/mol. The lowest BCUT2D eigenvalue weighted by Crippen LogP contribution is -2.31. The maximum absolute atomic E-state index is 13.1. The lowest BCUT2D eigenvalue weighted by atomic mass is 10.2. The van der Waals surface area contributed by atoms with Gasteiger partial charge in [-0.1, -0.05) is 12.1 Å². The number of urea groups is 1. The van der Waals surface area contributed by atoms with E-state index >= 15 is 0 Å². The van der Waals surface area contributed by atoms with E-state index in [9.17, 15) is 9.18 Å². The Balaban J connectivity index is 2.01. The Morgan fingerprint density at radius 2 is 2.00 bits per heavy atom. The van der Waals surface area contributed by atoms with Crippen LogP contribution < -0.4 is 10.1 Å². The third-order valence-corrected chi connectivity index (χ3v) is 3.34. The molecular formula is C18H18FN3O2. The fourth-order valence-electron chi connectivity index (χ4n) is 2.13. The molecule has 2 aromatic carbocycles. The van der Waals surface area contributed by atoms with Gasteiger partial charge in [-0.3, -0.25) is 0 Å². The summed E-state index contributed by atoms with van der Waals surface area (Å²) in [5.41, 5.74) is 1.30. The summed E-state index contributed by atoms with van der Waals surface area (Å²) in [4.78, 5) is 13.7. The van der Waals surface area contributed by atoms with Crippen LogP contribution in [0.3, 0.4) is 0 Å². The van der Waals surface area contributed by atoms with Crippen LogP contribution >= 0.6 is 0 Å². The zero-order chi connectivity index (χ0) is 17.5. The lowest BCUT2D eigenvalue weighted by Gasteiger charge is -2.18. The van der Waals surface area contributed by atoms with Crippen molar-refractivity contribution in [2.24, 2.45) is 0 Å². The minimum Gasteiger partial charge on any atom is -0.494 e. The van der Waals surface area contributed by atoms with E-state index in [2.05, 4.69) is 5.32 Å². The number of nitriles is 1. The number of carbonyl (C=O) groups excluding carboxylic acids is 1. The highest BCUT2D eigenvalue weighted by Crippen LogP contribution is 2.17. The molecule has 2 aromatic rings. The fraction of sp³-hybridized carbons (Fsp3) is 0.222. The summed E-state index contributed by atoms with van der Waals surface area (Å²) in [7, 11) is 1.64. The first kappa shape index (κ1) is 17.3. The molecule has 24 heavy (non-hydrogen) atoms. The van der Waals surface area contributed by atoms with E-state index in [-0.39, 0.29) is 17.3 Å². The van der Waals surface area contributed by atoms with Gasteiger partial charge in [0.1, 0.15) is 17.6 Å². The van der Waals surface area contributed by atoms with Gasteiger partial charge in [-0.25, -0.2) is 9.18 Å². The van der Waals surface area contributed by atoms with Crippen molar-refractivity contribution in [2.45, 2.75) is 13.5 Å². The van der Waals surface area contributed by atoms with E-state index in [1.54, 1.807) is 7.05 Å². The molecule has 0 saturated heterocycles. The Labute approximate surface area is 140 Å². The second kappa shape index (κ2) is 7.97. The van der Waals surface area contributed by atoms with Crippen molar-refractivity contribution < 1.29 is 13.9 Å². The number of benzene rings is 2. The molecule has 0 heterocycles. The highest BCUT2D eigenvalue weighted by molar-refractivity contribution is 5.90. The van der Waals surface area contributed by atoms with Gasteiger partial charge in [0.15, 0.2) is 0 Å². The zero-order valence-electron chi connectivity index (χ0n) is 13.5. The first-order valence-corrected chi connectivity index (χ1v) is 7.47. The van der Waals surface area contributed by atoms with Crippen LogP contribution in [0.2, 0.25) is 0 Å². The van der Waals surface area contributed by atoms with Crippen molar-refractivity contribution >= 4 is 11.7 Å². The van der Waals surface area contributed by atoms with Crippen LogP contribution in [0.5, 0.6) is 5.75 Å². The second-order valence-electron chi connectivity index (χ2n) is 5.16. The molecule has 0 unspecified atom stereocenters. The molecule has 0 radical (unpaired) electrons. The number of anilines is 1. The average Bonchev–Trinajstić information content (AvgIpc) is 2.58. The number of hydrogen-bond donors (Lipinski definition) is 1. The zero-order valence-corrected chi connectivity index (χ0v) is 13.5. The minimum absolute atomic E-state index is 0.0813. The van der Waals surface area contributed by atoms with Crippen LogP contribution in [0.1, 0.15) is 18.1 Å². The van der Waals surface area contributed by atoms with Crippen LogP contribution in [0.25, 0.3) is 0 Å². The fourth-order valence-corrected chi connectivity index (χ4v) is 2.13. The Morgan fingerprint density at radius 1 is 1.29 bits per heavy atom. The first-order chi connectivity index (χ1) is 11.5. The topological polar surface area (TPSA) is 65.4 Å². The maximum atomic E-state index is 13.1. The number of halogens is 1. The van der Waals surface area contributed by atoms with E-state index in [0.717, 1.165) is 17.4 Å². The van der Waals surface area contributed by atoms with Crippen molar-refractivity contribution in [3.05, 3.63) is 59.4 Å². The molecule has 2 amide bonds. The minimum atomic E-state index is -0.521. The molecule has 0 atom stereocenters. The average molecular weight is 327 g/mol. The Bertz CT molecular complexity index is 754. The normalized spacial score (nSPS) is 9.92. The quantitative estimate of drug-likeness (QED) is 0.909. The summed E-state index contributed by atoms with van der Waals surface area (Å²) in [6.07, 6.45) is 0. The molecule has 0 aliphatic rings. The Morgan fingerprint density at radius 3 is 2.62 bits per heavy atom. The smallest absolute Gasteiger partial charge is 0.321 e. The summed E-state index contributed by atoms with van der Waals surface area (Å²) in [5.74, 6) is 0.255. The standard InChI is InChI=1S/C18H18FN3O2/c1-3-24-16-7-4-13(5-8-16)12-22(2)18(23)21-17-9-6-15(19)10-14(17)11-20/h4-10H,3,12H2,1-2H3,(H,21,23). The summed E-state index contributed by atoms with van der Waals surface area (Å²) < 4.78 is 18.5. The predicted octanol–water partition coefficient (Wildman–Crippen LogP) is 3.76. The number of rotatable bonds is 5. The van der Waals surface area contributed by atoms with Crippen LogP contribution in [0.15, 0.2) is 42.5 Å². The molecule has 0 saturated carbocycles. The molecule has 5 nitrogen and oxygen atoms in total. The third-order valence-electron chi connectivity index (χ3n) is 3.34. The highest BCUT2D eigenvalue weighted by atomic mass is 19.1. The monoisotopic (exact) mass is 327 g/mol. The molecule has 0 aliphatic heterocycles. The molecule has 124 valence electrons. The summed E-state index contributed by atoms with van der Waals surface area (Å²) in [5, 5.41) is 11.6. The van der Waals surface area contributed by atoms with Gasteiger partial charge in [0.2, 0.25) is 0 Å². The van der Waals surface area contributed by atoms with Gasteiger partial charge in [0.05, 0.1) is 17.9 Å². The number of carbonyl (C=O) groups is 1. The van der Waals surface area contributed by atoms with Crippen LogP contribution in [0, 0.1) is 17.1 Å². The second-order valence-corrected chi connectivity index (χ2v) is 5.16. The summed E-state index contributed by atoms with van der Waals surface area (Å²) >= 11 is 0. The van der Waals surface area contributed by atoms with Gasteiger partial charge in [-0.05, 0) is 42.8 Å². The van der Waals surface area contributed by atoms with Crippen molar-refractivity contribution in [1.29, 1.82) is 5.26 Å². The third kappa shape index (κ3) is 4.46. The molecule has 1 N–H and O–H groups in total. The number of hydrogen-bond acceptors (Lipinski definition) is 3. The molecule has 6 heteroatoms. The van der Waals surface area contributed by atoms with Crippen molar-refractivity contribution in [2.75, 3.05) is 19.0 Å². The Hall–Kier alpha value is -3.07. The molecule has 0 fully saturated rings. The molecule has 0 aromatic heterocycles. The molecular weight excluding hydrogens is 309 g/mol. The van der Waals surface area contributed by atoms with E-state index in [1.807, 2.05) is 37.3 Å². The van der Waals surface area contributed by atoms with Crippen molar-refractivity contribution in [3.63, 3.8) is 0 Å². The van der Waals surface area contributed by atoms with Gasteiger partial charge in [0.25, 0.3) is 0 Å². The van der Waals surface area contributed by atoms with E-state index < -0.39 is 5.82 Å². The number of amides is 2. The van der Waals surface area contributed by atoms with Crippen LogP contribution in [-0.4, -0.2) is 24.6 Å². The molecule has 0 spiro atoms. The van der Waals surface area contributed by atoms with Crippen LogP contribution in [0.4, 0.5) is 14.9 Å². The molecule has 2 rings (SSSR count). The van der Waals surface area contributed by atoms with Gasteiger partial charge in [-0.2, -0.15) is 5.26 Å². The van der Waals surface area contributed by atoms with Gasteiger partial charge >= 0.3 is 6.03 Å². The Kier molecular flexibility index (Phi) is 5.74. The van der Waals surface area contributed by atoms with Gasteiger partial charge < -0.3 is 15.0 Å². The lowest BCUT2D eigenvalue weighted by molar-refractivity contribution is 0.220. The van der Waals surface area contributed by atoms with E-state index in [1.165, 1.54) is 17.0 Å². The maximum Gasteiger partial charge on any atom is 0.321 e. The van der Waals surface area contributed by atoms with Gasteiger partial charge in [-0.15, -0.1) is 0 Å². The summed E-state index contributed by atoms with van der Waals surface area (Å²) in [6, 6.07) is 12.6. The van der Waals surface area contributed by atoms with Gasteiger partial charge in [0, 0.05) is 13.6 Å². The first-order valence-electron chi connectivity index (χ1n) is 7.47. The summed E-state index contributed by atoms with van der Waals surface area (Å²) in [6.45, 7) is 2.90. The van der Waals surface area contributed by atoms with Crippen molar-refractivity contribution in [3.8, 4) is 11.8 Å². The highest BCUT2D eigenvalue weighted by Gasteiger charge is 2.12. The number of ether oxygens (including phenoxy) is 1. The van der Waals surface area contributed by atoms with E-state index in [0.29, 0.717) is 13.2 Å².